The maximum absolute atomic E-state index is 12.0. The predicted molar refractivity (Wildman–Crippen MR) is 64.5 cm³/mol. The number of hydrogen-bond acceptors (Lipinski definition) is 2. The molecule has 0 radical (unpaired) electrons. The van der Waals surface area contributed by atoms with E-state index in [1.54, 1.807) is 12.1 Å². The molecule has 0 aromatic heterocycles. The number of rotatable bonds is 6. The molecule has 1 aromatic carbocycles. The van der Waals surface area contributed by atoms with Crippen molar-refractivity contribution in [3.63, 3.8) is 0 Å². The molecule has 5 heteroatoms. The summed E-state index contributed by atoms with van der Waals surface area (Å²) in [5.41, 5.74) is 0.950. The van der Waals surface area contributed by atoms with Gasteiger partial charge in [0.2, 0.25) is 0 Å². The summed E-state index contributed by atoms with van der Waals surface area (Å²) in [7, 11) is 1.84. The normalized spacial score (nSPS) is 13.1. The highest BCUT2D eigenvalue weighted by Crippen LogP contribution is 2.23. The highest BCUT2D eigenvalue weighted by atomic mass is 19.4. The number of hydrogen-bond donors (Lipinski definition) is 1. The minimum atomic E-state index is -4.64. The van der Waals surface area contributed by atoms with Crippen LogP contribution in [0.4, 0.5) is 13.2 Å². The van der Waals surface area contributed by atoms with E-state index in [1.807, 2.05) is 13.1 Å². The van der Waals surface area contributed by atoms with Crippen molar-refractivity contribution in [3.8, 4) is 5.75 Å². The van der Waals surface area contributed by atoms with Crippen LogP contribution < -0.4 is 10.1 Å². The van der Waals surface area contributed by atoms with E-state index in [4.69, 9.17) is 0 Å². The van der Waals surface area contributed by atoms with Crippen LogP contribution >= 0.6 is 0 Å². The van der Waals surface area contributed by atoms with Gasteiger partial charge >= 0.3 is 6.36 Å². The lowest BCUT2D eigenvalue weighted by Gasteiger charge is -2.14. The summed E-state index contributed by atoms with van der Waals surface area (Å²) >= 11 is 0. The number of likely N-dealkylation sites (N-methyl/N-ethyl adjacent to an activating group) is 1. The van der Waals surface area contributed by atoms with Gasteiger partial charge < -0.3 is 10.1 Å². The molecule has 0 saturated carbocycles. The van der Waals surface area contributed by atoms with Crippen molar-refractivity contribution < 1.29 is 17.9 Å². The fraction of sp³-hybridized carbons (Fsp3) is 0.385. The Bertz CT molecular complexity index is 373. The predicted octanol–water partition coefficient (Wildman–Crippen LogP) is 3.29. The molecule has 1 aromatic rings. The maximum Gasteiger partial charge on any atom is 0.573 e. The van der Waals surface area contributed by atoms with Gasteiger partial charge in [-0.1, -0.05) is 18.2 Å². The van der Waals surface area contributed by atoms with Gasteiger partial charge in [0.05, 0.1) is 0 Å². The van der Waals surface area contributed by atoms with E-state index < -0.39 is 6.36 Å². The zero-order valence-corrected chi connectivity index (χ0v) is 10.1. The highest BCUT2D eigenvalue weighted by Gasteiger charge is 2.30. The molecule has 0 aliphatic rings. The second-order valence-corrected chi connectivity index (χ2v) is 3.91. The van der Waals surface area contributed by atoms with Crippen LogP contribution in [0.15, 0.2) is 36.9 Å². The van der Waals surface area contributed by atoms with Crippen molar-refractivity contribution in [2.24, 2.45) is 0 Å². The molecule has 0 fully saturated rings. The number of ether oxygens (including phenoxy) is 1. The van der Waals surface area contributed by atoms with Gasteiger partial charge in [0, 0.05) is 6.04 Å². The number of alkyl halides is 3. The molecule has 0 heterocycles. The largest absolute Gasteiger partial charge is 0.573 e. The Kier molecular flexibility index (Phi) is 5.22. The Morgan fingerprint density at radius 2 is 1.94 bits per heavy atom. The van der Waals surface area contributed by atoms with Gasteiger partial charge in [-0.25, -0.2) is 0 Å². The lowest BCUT2D eigenvalue weighted by Crippen LogP contribution is -2.26. The third kappa shape index (κ3) is 5.23. The van der Waals surface area contributed by atoms with Crippen molar-refractivity contribution in [1.82, 2.24) is 5.32 Å². The smallest absolute Gasteiger partial charge is 0.406 e. The Morgan fingerprint density at radius 1 is 1.33 bits per heavy atom. The molecule has 0 spiro atoms. The number of halogens is 3. The first-order chi connectivity index (χ1) is 8.44. The van der Waals surface area contributed by atoms with E-state index in [9.17, 15) is 13.2 Å². The second-order valence-electron chi connectivity index (χ2n) is 3.91. The molecular formula is C13H16F3NO. The van der Waals surface area contributed by atoms with Crippen molar-refractivity contribution >= 4 is 0 Å². The molecule has 0 amide bonds. The lowest BCUT2D eigenvalue weighted by molar-refractivity contribution is -0.274. The first-order valence-electron chi connectivity index (χ1n) is 5.57. The molecule has 1 N–H and O–H groups in total. The Balaban J connectivity index is 2.62. The third-order valence-corrected chi connectivity index (χ3v) is 2.50. The quantitative estimate of drug-likeness (QED) is 0.791. The van der Waals surface area contributed by atoms with Crippen LogP contribution in [0.5, 0.6) is 5.75 Å². The van der Waals surface area contributed by atoms with Crippen LogP contribution in [0.1, 0.15) is 12.0 Å². The molecule has 100 valence electrons. The molecule has 0 bridgehead atoms. The molecule has 1 rings (SSSR count). The summed E-state index contributed by atoms with van der Waals surface area (Å²) in [6.07, 6.45) is -1.30. The van der Waals surface area contributed by atoms with E-state index in [0.29, 0.717) is 0 Å². The van der Waals surface area contributed by atoms with E-state index in [2.05, 4.69) is 16.6 Å². The van der Waals surface area contributed by atoms with E-state index >= 15 is 0 Å². The highest BCUT2D eigenvalue weighted by molar-refractivity contribution is 5.28. The second kappa shape index (κ2) is 6.44. The summed E-state index contributed by atoms with van der Waals surface area (Å²) in [6, 6.07) is 6.15. The average Bonchev–Trinajstić information content (AvgIpc) is 2.29. The van der Waals surface area contributed by atoms with Gasteiger partial charge in [-0.2, -0.15) is 0 Å². The molecule has 0 aliphatic carbocycles. The van der Waals surface area contributed by atoms with Gasteiger partial charge in [0.1, 0.15) is 5.75 Å². The molecule has 0 saturated heterocycles. The first kappa shape index (κ1) is 14.6. The van der Waals surface area contributed by atoms with E-state index in [0.717, 1.165) is 18.4 Å². The van der Waals surface area contributed by atoms with Crippen molar-refractivity contribution in [1.29, 1.82) is 0 Å². The molecule has 18 heavy (non-hydrogen) atoms. The van der Waals surface area contributed by atoms with Crippen LogP contribution in [-0.2, 0) is 6.42 Å². The molecule has 1 unspecified atom stereocenters. The standard InChI is InChI=1S/C13H16F3NO/c1-3-4-11(17-2)9-10-5-7-12(8-6-10)18-13(14,15)16/h3,5-8,11,17H,1,4,9H2,2H3. The van der Waals surface area contributed by atoms with Gasteiger partial charge in [-0.15, -0.1) is 19.8 Å². The maximum atomic E-state index is 12.0. The van der Waals surface area contributed by atoms with E-state index in [1.165, 1.54) is 12.1 Å². The minimum Gasteiger partial charge on any atom is -0.406 e. The summed E-state index contributed by atoms with van der Waals surface area (Å²) < 4.78 is 39.7. The van der Waals surface area contributed by atoms with E-state index in [-0.39, 0.29) is 11.8 Å². The van der Waals surface area contributed by atoms with Crippen LogP contribution in [0.3, 0.4) is 0 Å². The van der Waals surface area contributed by atoms with Gasteiger partial charge in [-0.3, -0.25) is 0 Å². The molecule has 0 aliphatic heterocycles. The summed E-state index contributed by atoms with van der Waals surface area (Å²) in [5, 5.41) is 3.12. The monoisotopic (exact) mass is 259 g/mol. The zero-order valence-electron chi connectivity index (χ0n) is 10.1. The third-order valence-electron chi connectivity index (χ3n) is 2.50. The number of nitrogens with one attached hydrogen (secondary N) is 1. The Morgan fingerprint density at radius 3 is 2.39 bits per heavy atom. The van der Waals surface area contributed by atoms with Gasteiger partial charge in [0.25, 0.3) is 0 Å². The molecule has 2 nitrogen and oxygen atoms in total. The van der Waals surface area contributed by atoms with Crippen LogP contribution in [0.25, 0.3) is 0 Å². The Hall–Kier alpha value is -1.49. The fourth-order valence-corrected chi connectivity index (χ4v) is 1.62. The number of benzene rings is 1. The van der Waals surface area contributed by atoms with Crippen LogP contribution in [0.2, 0.25) is 0 Å². The van der Waals surface area contributed by atoms with Gasteiger partial charge in [-0.05, 0) is 37.6 Å². The van der Waals surface area contributed by atoms with Crippen molar-refractivity contribution in [2.45, 2.75) is 25.2 Å². The van der Waals surface area contributed by atoms with Crippen LogP contribution in [-0.4, -0.2) is 19.5 Å². The lowest BCUT2D eigenvalue weighted by atomic mass is 10.0. The first-order valence-corrected chi connectivity index (χ1v) is 5.57. The van der Waals surface area contributed by atoms with Crippen molar-refractivity contribution in [3.05, 3.63) is 42.5 Å². The van der Waals surface area contributed by atoms with Crippen molar-refractivity contribution in [2.75, 3.05) is 7.05 Å². The summed E-state index contributed by atoms with van der Waals surface area (Å²) in [6.45, 7) is 3.66. The van der Waals surface area contributed by atoms with Gasteiger partial charge in [0.15, 0.2) is 0 Å². The minimum absolute atomic E-state index is 0.198. The average molecular weight is 259 g/mol. The molecular weight excluding hydrogens is 243 g/mol. The van der Waals surface area contributed by atoms with Crippen LogP contribution in [0, 0.1) is 0 Å². The SMILES string of the molecule is C=CCC(Cc1ccc(OC(F)(F)F)cc1)NC. The summed E-state index contributed by atoms with van der Waals surface area (Å²) in [5.74, 6) is -0.198. The topological polar surface area (TPSA) is 21.3 Å². The fourth-order valence-electron chi connectivity index (χ4n) is 1.62. The Labute approximate surface area is 104 Å². The summed E-state index contributed by atoms with van der Waals surface area (Å²) in [4.78, 5) is 0. The molecule has 1 atom stereocenters. The zero-order chi connectivity index (χ0) is 13.6.